The summed E-state index contributed by atoms with van der Waals surface area (Å²) in [5.41, 5.74) is 0. The first-order chi connectivity index (χ1) is 7.08. The minimum absolute atomic E-state index is 0.0352. The lowest BCUT2D eigenvalue weighted by molar-refractivity contribution is 0.0804. The summed E-state index contributed by atoms with van der Waals surface area (Å²) < 4.78 is 38.0. The smallest absolute Gasteiger partial charge is 0.0603 e. The van der Waals surface area contributed by atoms with Gasteiger partial charge in [0.1, 0.15) is 0 Å². The van der Waals surface area contributed by atoms with Gasteiger partial charge >= 0.3 is 0 Å². The Kier molecular flexibility index (Phi) is 1.82. The molecule has 2 heteroatoms. The molecule has 0 aliphatic carbocycles. The van der Waals surface area contributed by atoms with Crippen molar-refractivity contribution in [1.82, 2.24) is 5.32 Å². The summed E-state index contributed by atoms with van der Waals surface area (Å²) in [6.07, 6.45) is -0.948. The van der Waals surface area contributed by atoms with E-state index in [1.807, 2.05) is 6.92 Å². The van der Waals surface area contributed by atoms with Crippen molar-refractivity contribution in [3.05, 3.63) is 0 Å². The van der Waals surface area contributed by atoms with Gasteiger partial charge in [-0.15, -0.1) is 0 Å². The molecular formula is C9H19NO. The van der Waals surface area contributed by atoms with Gasteiger partial charge in [-0.25, -0.2) is 0 Å². The molecule has 0 radical (unpaired) electrons. The topological polar surface area (TPSA) is 32.3 Å². The molecule has 1 aliphatic rings. The molecule has 1 unspecified atom stereocenters. The van der Waals surface area contributed by atoms with Crippen LogP contribution >= 0.6 is 0 Å². The van der Waals surface area contributed by atoms with E-state index < -0.39 is 25.0 Å². The average Bonchev–Trinajstić information content (AvgIpc) is 1.97. The van der Waals surface area contributed by atoms with Crippen LogP contribution in [0.3, 0.4) is 0 Å². The number of hydrogen-bond donors (Lipinski definition) is 2. The second-order valence-electron chi connectivity index (χ2n) is 2.83. The first-order valence-corrected chi connectivity index (χ1v) is 4.10. The second-order valence-corrected chi connectivity index (χ2v) is 2.83. The molecule has 1 saturated heterocycles. The van der Waals surface area contributed by atoms with E-state index >= 15 is 0 Å². The van der Waals surface area contributed by atoms with E-state index in [4.69, 9.17) is 6.85 Å². The van der Waals surface area contributed by atoms with Crippen LogP contribution in [0.25, 0.3) is 0 Å². The Morgan fingerprint density at radius 2 is 2.36 bits per heavy atom. The second kappa shape index (κ2) is 4.73. The van der Waals surface area contributed by atoms with Crippen LogP contribution in [0.1, 0.15) is 39.5 Å². The summed E-state index contributed by atoms with van der Waals surface area (Å²) in [6, 6.07) is 0. The van der Waals surface area contributed by atoms with Gasteiger partial charge in [0.25, 0.3) is 0 Å². The van der Waals surface area contributed by atoms with Gasteiger partial charge in [0.05, 0.1) is 7.45 Å². The lowest BCUT2D eigenvalue weighted by Crippen LogP contribution is -2.33. The van der Waals surface area contributed by atoms with Gasteiger partial charge in [0, 0.05) is 5.48 Å². The maximum atomic E-state index is 9.91. The fourth-order valence-electron chi connectivity index (χ4n) is 1.18. The van der Waals surface area contributed by atoms with E-state index in [1.165, 1.54) is 0 Å². The van der Waals surface area contributed by atoms with Gasteiger partial charge in [-0.3, -0.25) is 0 Å². The minimum atomic E-state index is -1.87. The van der Waals surface area contributed by atoms with Crippen molar-refractivity contribution in [2.75, 3.05) is 13.0 Å². The molecule has 1 heterocycles. The molecule has 1 atom stereocenters. The van der Waals surface area contributed by atoms with Crippen LogP contribution in [0.5, 0.6) is 0 Å². The predicted molar refractivity (Wildman–Crippen MR) is 46.5 cm³/mol. The zero-order valence-electron chi connectivity index (χ0n) is 11.9. The van der Waals surface area contributed by atoms with E-state index in [2.05, 4.69) is 5.32 Å². The molecule has 11 heavy (non-hydrogen) atoms. The van der Waals surface area contributed by atoms with E-state index in [1.54, 1.807) is 0 Å². The highest BCUT2D eigenvalue weighted by atomic mass is 16.3. The van der Waals surface area contributed by atoms with Gasteiger partial charge in [0.2, 0.25) is 0 Å². The summed E-state index contributed by atoms with van der Waals surface area (Å²) in [6.45, 7) is -1.89. The van der Waals surface area contributed by atoms with Gasteiger partial charge < -0.3 is 10.4 Å². The third-order valence-corrected chi connectivity index (χ3v) is 1.85. The molecular weight excluding hydrogens is 138 g/mol. The molecule has 2 nitrogen and oxygen atoms in total. The number of piperidine rings is 1. The zero-order valence-corrected chi connectivity index (χ0v) is 6.85. The average molecular weight is 162 g/mol. The standard InChI is InChI=1S/C9H19NO/c1-2-3-9(11)8-4-6-10-7-5-8/h8-11H,2-7H2,1H3/i6D2,7D2,9D. The van der Waals surface area contributed by atoms with Gasteiger partial charge in [0.15, 0.2) is 0 Å². The molecule has 2 N–H and O–H groups in total. The van der Waals surface area contributed by atoms with Crippen LogP contribution in [0, 0.1) is 5.92 Å². The molecule has 0 spiro atoms. The quantitative estimate of drug-likeness (QED) is 0.652. The highest BCUT2D eigenvalue weighted by molar-refractivity contribution is 4.74. The van der Waals surface area contributed by atoms with E-state index in [0.717, 1.165) is 0 Å². The number of rotatable bonds is 3. The predicted octanol–water partition coefficient (Wildman–Crippen LogP) is 1.15. The lowest BCUT2D eigenvalue weighted by atomic mass is 9.90. The summed E-state index contributed by atoms with van der Waals surface area (Å²) in [4.78, 5) is 0. The zero-order chi connectivity index (χ0) is 12.6. The molecule has 0 aromatic rings. The molecule has 1 aliphatic heterocycles. The van der Waals surface area contributed by atoms with Crippen molar-refractivity contribution < 1.29 is 12.0 Å². The Balaban J connectivity index is 2.81. The van der Waals surface area contributed by atoms with Crippen LogP contribution in [0.4, 0.5) is 0 Å². The Hall–Kier alpha value is -0.0800. The third-order valence-electron chi connectivity index (χ3n) is 1.85. The van der Waals surface area contributed by atoms with Crippen molar-refractivity contribution in [3.8, 4) is 0 Å². The molecule has 0 aromatic heterocycles. The van der Waals surface area contributed by atoms with Crippen molar-refractivity contribution in [1.29, 1.82) is 0 Å². The van der Waals surface area contributed by atoms with Crippen molar-refractivity contribution in [2.24, 2.45) is 5.92 Å². The summed E-state index contributed by atoms with van der Waals surface area (Å²) in [7, 11) is 0. The highest BCUT2D eigenvalue weighted by Crippen LogP contribution is 2.19. The first-order valence-electron chi connectivity index (χ1n) is 6.60. The highest BCUT2D eigenvalue weighted by Gasteiger charge is 2.19. The van der Waals surface area contributed by atoms with E-state index in [0.29, 0.717) is 6.42 Å². The number of hydrogen-bond acceptors (Lipinski definition) is 2. The van der Waals surface area contributed by atoms with E-state index in [-0.39, 0.29) is 19.3 Å². The largest absolute Gasteiger partial charge is 0.393 e. The van der Waals surface area contributed by atoms with Crippen LogP contribution in [-0.2, 0) is 0 Å². The van der Waals surface area contributed by atoms with Crippen LogP contribution < -0.4 is 5.32 Å². The summed E-state index contributed by atoms with van der Waals surface area (Å²) in [5, 5.41) is 12.2. The maximum Gasteiger partial charge on any atom is 0.0603 e. The van der Waals surface area contributed by atoms with E-state index in [9.17, 15) is 5.11 Å². The number of nitrogens with one attached hydrogen (secondary N) is 1. The third kappa shape index (κ3) is 2.80. The molecule has 1 rings (SSSR count). The van der Waals surface area contributed by atoms with Crippen LogP contribution in [0.15, 0.2) is 0 Å². The Morgan fingerprint density at radius 1 is 1.73 bits per heavy atom. The van der Waals surface area contributed by atoms with Crippen LogP contribution in [0.2, 0.25) is 0 Å². The fourth-order valence-corrected chi connectivity index (χ4v) is 1.18. The van der Waals surface area contributed by atoms with Crippen molar-refractivity contribution in [3.63, 3.8) is 0 Å². The summed E-state index contributed by atoms with van der Waals surface area (Å²) >= 11 is 0. The monoisotopic (exact) mass is 162 g/mol. The number of aliphatic hydroxyl groups is 1. The van der Waals surface area contributed by atoms with Gasteiger partial charge in [-0.2, -0.15) is 0 Å². The molecule has 0 aromatic carbocycles. The molecule has 0 saturated carbocycles. The first kappa shape index (κ1) is 4.24. The molecule has 0 bridgehead atoms. The van der Waals surface area contributed by atoms with Crippen molar-refractivity contribution in [2.45, 2.75) is 38.7 Å². The SMILES string of the molecule is [2H]C1([2H])CC(C([2H])(O)CCC)CC([2H])([2H])N1. The van der Waals surface area contributed by atoms with Gasteiger partial charge in [-0.05, 0) is 38.2 Å². The normalized spacial score (nSPS) is 42.2. The Morgan fingerprint density at radius 3 is 2.91 bits per heavy atom. The van der Waals surface area contributed by atoms with Crippen molar-refractivity contribution >= 4 is 0 Å². The molecule has 1 fully saturated rings. The van der Waals surface area contributed by atoms with Crippen LogP contribution in [-0.4, -0.2) is 24.2 Å². The molecule has 0 amide bonds. The fraction of sp³-hybridized carbons (Fsp3) is 1.00. The Labute approximate surface area is 76.0 Å². The van der Waals surface area contributed by atoms with Gasteiger partial charge in [-0.1, -0.05) is 13.3 Å². The maximum absolute atomic E-state index is 9.91. The summed E-state index contributed by atoms with van der Waals surface area (Å²) in [5.74, 6) is -0.682. The lowest BCUT2D eigenvalue weighted by Gasteiger charge is -2.26. The molecule has 66 valence electrons. The Bertz CT molecular complexity index is 240. The minimum Gasteiger partial charge on any atom is -0.393 e.